The second-order valence-corrected chi connectivity index (χ2v) is 11.2. The summed E-state index contributed by atoms with van der Waals surface area (Å²) in [7, 11) is 1.25. The van der Waals surface area contributed by atoms with Gasteiger partial charge in [-0.15, -0.1) is 11.8 Å². The van der Waals surface area contributed by atoms with E-state index in [-0.39, 0.29) is 22.4 Å². The fourth-order valence-corrected chi connectivity index (χ4v) is 6.04. The number of nitrogens with two attached hydrogens (primary N) is 1. The van der Waals surface area contributed by atoms with Gasteiger partial charge in [0.05, 0.1) is 0 Å². The predicted octanol–water partition coefficient (Wildman–Crippen LogP) is 3.55. The SMILES string of the molecule is CO/N=C(\C(=O)NC1C(=O)N2C(C(=O)O)=C(/C=C/CI)CS[C@H]12)c1nsc(N)n1.c1ccc(-c2ccccc2)cc1. The Balaban J connectivity index is 0.000000267. The number of hydrogen-bond donors (Lipinski definition) is 3. The largest absolute Gasteiger partial charge is 0.477 e. The molecule has 1 unspecified atom stereocenters. The highest BCUT2D eigenvalue weighted by Crippen LogP contribution is 2.40. The molecule has 1 saturated heterocycles. The molecular formula is C27H25IN6O5S2. The number of nitrogen functional groups attached to an aromatic ring is 1. The Morgan fingerprint density at radius 1 is 1.20 bits per heavy atom. The zero-order chi connectivity index (χ0) is 29.4. The van der Waals surface area contributed by atoms with Crippen LogP contribution in [0.3, 0.4) is 0 Å². The Morgan fingerprint density at radius 3 is 2.34 bits per heavy atom. The molecule has 0 aliphatic carbocycles. The number of β-lactam (4-membered cyclic amide) rings is 1. The third-order valence-electron chi connectivity index (χ3n) is 5.83. The van der Waals surface area contributed by atoms with Gasteiger partial charge in [-0.1, -0.05) is 101 Å². The van der Waals surface area contributed by atoms with E-state index in [1.165, 1.54) is 34.9 Å². The fourth-order valence-electron chi connectivity index (χ4n) is 4.04. The summed E-state index contributed by atoms with van der Waals surface area (Å²) in [4.78, 5) is 46.8. The van der Waals surface area contributed by atoms with Gasteiger partial charge in [-0.25, -0.2) is 4.79 Å². The molecule has 41 heavy (non-hydrogen) atoms. The summed E-state index contributed by atoms with van der Waals surface area (Å²) in [5.41, 5.74) is 8.35. The number of carboxylic acid groups (broad SMARTS) is 1. The number of alkyl halides is 1. The van der Waals surface area contributed by atoms with Gasteiger partial charge in [0.1, 0.15) is 24.2 Å². The molecular weight excluding hydrogens is 679 g/mol. The van der Waals surface area contributed by atoms with Gasteiger partial charge in [0.2, 0.25) is 11.5 Å². The Kier molecular flexibility index (Phi) is 10.5. The van der Waals surface area contributed by atoms with E-state index >= 15 is 0 Å². The minimum atomic E-state index is -1.19. The number of nitrogens with zero attached hydrogens (tertiary/aromatic N) is 4. The quantitative estimate of drug-likeness (QED) is 0.105. The summed E-state index contributed by atoms with van der Waals surface area (Å²) >= 11 is 4.39. The molecule has 4 N–H and O–H groups in total. The van der Waals surface area contributed by atoms with Crippen molar-refractivity contribution < 1.29 is 24.3 Å². The number of carboxylic acids is 1. The first kappa shape index (κ1) is 30.2. The van der Waals surface area contributed by atoms with E-state index in [0.29, 0.717) is 15.8 Å². The lowest BCUT2D eigenvalue weighted by molar-refractivity contribution is -0.150. The van der Waals surface area contributed by atoms with Crippen LogP contribution in [0.15, 0.2) is 89.2 Å². The maximum absolute atomic E-state index is 12.6. The molecule has 3 heterocycles. The molecule has 2 aliphatic heterocycles. The van der Waals surface area contributed by atoms with Crippen molar-refractivity contribution in [3.8, 4) is 11.1 Å². The molecule has 0 radical (unpaired) electrons. The molecule has 2 amide bonds. The van der Waals surface area contributed by atoms with Crippen LogP contribution in [0.5, 0.6) is 0 Å². The molecule has 1 fully saturated rings. The number of allylic oxidation sites excluding steroid dienone is 2. The first-order valence-corrected chi connectivity index (χ1v) is 15.5. The molecule has 2 aromatic carbocycles. The minimum absolute atomic E-state index is 0.0240. The average molecular weight is 705 g/mol. The number of aromatic nitrogens is 2. The number of anilines is 1. The maximum Gasteiger partial charge on any atom is 0.352 e. The highest BCUT2D eigenvalue weighted by atomic mass is 127. The number of hydrogen-bond acceptors (Lipinski definition) is 10. The van der Waals surface area contributed by atoms with E-state index in [1.54, 1.807) is 6.08 Å². The van der Waals surface area contributed by atoms with Crippen LogP contribution in [0.2, 0.25) is 0 Å². The lowest BCUT2D eigenvalue weighted by Gasteiger charge is -2.49. The second kappa shape index (κ2) is 14.2. The van der Waals surface area contributed by atoms with Crippen molar-refractivity contribution in [3.63, 3.8) is 0 Å². The summed E-state index contributed by atoms with van der Waals surface area (Å²) < 4.78 is 4.64. The lowest BCUT2D eigenvalue weighted by Crippen LogP contribution is -2.71. The number of carbonyl (C=O) groups is 3. The molecule has 3 aromatic rings. The number of amides is 2. The van der Waals surface area contributed by atoms with Crippen LogP contribution in [0.4, 0.5) is 5.13 Å². The molecule has 11 nitrogen and oxygen atoms in total. The first-order valence-electron chi connectivity index (χ1n) is 12.1. The number of carbonyl (C=O) groups excluding carboxylic acids is 2. The first-order chi connectivity index (χ1) is 19.8. The van der Waals surface area contributed by atoms with Crippen molar-refractivity contribution in [3.05, 3.63) is 89.9 Å². The van der Waals surface area contributed by atoms with Gasteiger partial charge in [-0.3, -0.25) is 14.5 Å². The van der Waals surface area contributed by atoms with Crippen LogP contribution >= 0.6 is 45.9 Å². The van der Waals surface area contributed by atoms with Crippen molar-refractivity contribution in [2.75, 3.05) is 23.0 Å². The van der Waals surface area contributed by atoms with Crippen LogP contribution in [0.1, 0.15) is 5.82 Å². The fraction of sp³-hybridized carbons (Fsp3) is 0.185. The van der Waals surface area contributed by atoms with Crippen LogP contribution in [0, 0.1) is 0 Å². The van der Waals surface area contributed by atoms with Gasteiger partial charge in [0.25, 0.3) is 11.8 Å². The van der Waals surface area contributed by atoms with Crippen LogP contribution in [-0.2, 0) is 19.2 Å². The summed E-state index contributed by atoms with van der Waals surface area (Å²) in [6.45, 7) is 0. The van der Waals surface area contributed by atoms with Crippen molar-refractivity contribution >= 4 is 74.5 Å². The molecule has 0 bridgehead atoms. The van der Waals surface area contributed by atoms with Crippen molar-refractivity contribution in [1.82, 2.24) is 19.6 Å². The van der Waals surface area contributed by atoms with Gasteiger partial charge in [0, 0.05) is 21.7 Å². The Labute approximate surface area is 257 Å². The highest BCUT2D eigenvalue weighted by Gasteiger charge is 2.54. The number of halogens is 1. The average Bonchev–Trinajstić information content (AvgIpc) is 3.43. The smallest absolute Gasteiger partial charge is 0.352 e. The van der Waals surface area contributed by atoms with Gasteiger partial charge in [0.15, 0.2) is 5.13 Å². The van der Waals surface area contributed by atoms with E-state index in [0.717, 1.165) is 11.5 Å². The van der Waals surface area contributed by atoms with E-state index < -0.39 is 29.2 Å². The van der Waals surface area contributed by atoms with Gasteiger partial charge < -0.3 is 21.0 Å². The van der Waals surface area contributed by atoms with Gasteiger partial charge in [-0.2, -0.15) is 9.36 Å². The van der Waals surface area contributed by atoms with Crippen molar-refractivity contribution in [2.45, 2.75) is 11.4 Å². The summed E-state index contributed by atoms with van der Waals surface area (Å²) in [5, 5.41) is 15.4. The van der Waals surface area contributed by atoms with Crippen LogP contribution in [0.25, 0.3) is 11.1 Å². The number of benzene rings is 2. The zero-order valence-electron chi connectivity index (χ0n) is 21.6. The molecule has 2 aliphatic rings. The summed E-state index contributed by atoms with van der Waals surface area (Å²) in [6.07, 6.45) is 3.53. The molecule has 2 atom stereocenters. The Hall–Kier alpha value is -3.76. The normalized spacial score (nSPS) is 18.2. The Morgan fingerprint density at radius 2 is 1.83 bits per heavy atom. The molecule has 14 heteroatoms. The monoisotopic (exact) mass is 704 g/mol. The third kappa shape index (κ3) is 7.12. The number of aliphatic carboxylic acids is 1. The van der Waals surface area contributed by atoms with Crippen LogP contribution in [-0.4, -0.2) is 71.6 Å². The standard InChI is InChI=1S/C15H15IN6O5S2.C12H10/c1-27-20-7(10-19-15(17)29-21-10)11(23)18-8-12(24)22-9(14(25)26)6(3-2-4-16)5-28-13(8)22;1-3-7-11(8-4-1)12-9-5-2-6-10-12/h2-3,8,13H,4-5H2,1H3,(H,18,23)(H,25,26)(H2,17,19,21);1-10H/b3-2+,20-7-;/t8?,13-;/m1./s1. The second-order valence-electron chi connectivity index (χ2n) is 8.41. The molecule has 1 aromatic heterocycles. The highest BCUT2D eigenvalue weighted by molar-refractivity contribution is 14.1. The predicted molar refractivity (Wildman–Crippen MR) is 167 cm³/mol. The van der Waals surface area contributed by atoms with E-state index in [1.807, 2.05) is 18.2 Å². The molecule has 5 rings (SSSR count). The maximum atomic E-state index is 12.6. The number of rotatable bonds is 8. The number of fused-ring (bicyclic) bond motifs is 1. The molecule has 0 spiro atoms. The van der Waals surface area contributed by atoms with Gasteiger partial charge in [-0.05, 0) is 16.7 Å². The molecule has 0 saturated carbocycles. The minimum Gasteiger partial charge on any atom is -0.477 e. The summed E-state index contributed by atoms with van der Waals surface area (Å²) in [6, 6.07) is 19.9. The number of oxime groups is 1. The number of nitrogens with one attached hydrogen (secondary N) is 1. The topological polar surface area (TPSA) is 160 Å². The van der Waals surface area contributed by atoms with Crippen molar-refractivity contribution in [2.24, 2.45) is 5.16 Å². The van der Waals surface area contributed by atoms with Crippen LogP contribution < -0.4 is 11.1 Å². The lowest BCUT2D eigenvalue weighted by atomic mass is 10.0. The van der Waals surface area contributed by atoms with E-state index in [9.17, 15) is 19.5 Å². The molecule has 212 valence electrons. The van der Waals surface area contributed by atoms with E-state index in [2.05, 4.69) is 95.8 Å². The van der Waals surface area contributed by atoms with Gasteiger partial charge >= 0.3 is 5.97 Å². The van der Waals surface area contributed by atoms with Crippen molar-refractivity contribution in [1.29, 1.82) is 0 Å². The zero-order valence-corrected chi connectivity index (χ0v) is 25.4. The van der Waals surface area contributed by atoms with E-state index in [4.69, 9.17) is 5.73 Å². The Bertz CT molecular complexity index is 1460. The summed E-state index contributed by atoms with van der Waals surface area (Å²) in [5.74, 6) is -2.05. The number of thioether (sulfide) groups is 1. The third-order valence-corrected chi connectivity index (χ3v) is 8.18.